The van der Waals surface area contributed by atoms with Crippen molar-refractivity contribution in [1.82, 2.24) is 0 Å². The number of benzene rings is 1. The number of carbonyl (C=O) groups excluding carboxylic acids is 1. The van der Waals surface area contributed by atoms with Gasteiger partial charge in [0.2, 0.25) is 0 Å². The molecule has 0 amide bonds. The van der Waals surface area contributed by atoms with Crippen molar-refractivity contribution in [1.29, 1.82) is 0 Å². The van der Waals surface area contributed by atoms with Gasteiger partial charge in [0.1, 0.15) is 5.75 Å². The molecule has 94 valence electrons. The predicted molar refractivity (Wildman–Crippen MR) is 77.4 cm³/mol. The van der Waals surface area contributed by atoms with Crippen LogP contribution in [0.15, 0.2) is 22.7 Å². The Bertz CT molecular complexity index is 422. The number of hydrogen-bond acceptors (Lipinski definition) is 2. The zero-order valence-electron chi connectivity index (χ0n) is 11.0. The van der Waals surface area contributed by atoms with E-state index in [1.165, 1.54) is 0 Å². The van der Waals surface area contributed by atoms with Crippen LogP contribution in [0.1, 0.15) is 31.1 Å². The van der Waals surface area contributed by atoms with Crippen molar-refractivity contribution < 1.29 is 9.22 Å². The van der Waals surface area contributed by atoms with E-state index in [2.05, 4.69) is 49.8 Å². The molecule has 17 heavy (non-hydrogen) atoms. The molecule has 0 spiro atoms. The van der Waals surface area contributed by atoms with E-state index in [9.17, 15) is 4.79 Å². The first-order chi connectivity index (χ1) is 7.67. The molecule has 0 saturated carbocycles. The van der Waals surface area contributed by atoms with Gasteiger partial charge in [-0.1, -0.05) is 36.7 Å². The third kappa shape index (κ3) is 3.42. The van der Waals surface area contributed by atoms with E-state index < -0.39 is 8.32 Å². The summed E-state index contributed by atoms with van der Waals surface area (Å²) in [5.74, 6) is 0.681. The van der Waals surface area contributed by atoms with Crippen molar-refractivity contribution in [2.24, 2.45) is 0 Å². The van der Waals surface area contributed by atoms with E-state index in [-0.39, 0.29) is 5.04 Å². The van der Waals surface area contributed by atoms with Gasteiger partial charge in [0.05, 0.1) is 5.56 Å². The minimum atomic E-state index is -1.90. The van der Waals surface area contributed by atoms with Gasteiger partial charge in [-0.05, 0) is 36.3 Å². The topological polar surface area (TPSA) is 26.3 Å². The van der Waals surface area contributed by atoms with Crippen LogP contribution >= 0.6 is 15.9 Å². The van der Waals surface area contributed by atoms with E-state index in [1.807, 2.05) is 12.1 Å². The Balaban J connectivity index is 3.10. The molecule has 0 radical (unpaired) electrons. The second kappa shape index (κ2) is 4.94. The molecule has 1 aromatic carbocycles. The summed E-state index contributed by atoms with van der Waals surface area (Å²) in [4.78, 5) is 11.0. The first-order valence-corrected chi connectivity index (χ1v) is 9.31. The molecule has 0 aromatic heterocycles. The van der Waals surface area contributed by atoms with Crippen LogP contribution in [0, 0.1) is 0 Å². The van der Waals surface area contributed by atoms with Crippen molar-refractivity contribution >= 4 is 30.5 Å². The summed E-state index contributed by atoms with van der Waals surface area (Å²) in [6.07, 6.45) is 0.842. The van der Waals surface area contributed by atoms with E-state index in [4.69, 9.17) is 4.43 Å². The summed E-state index contributed by atoms with van der Waals surface area (Å²) in [5.41, 5.74) is 0.609. The fraction of sp³-hybridized carbons (Fsp3) is 0.462. The zero-order chi connectivity index (χ0) is 13.3. The molecular weight excluding hydrogens is 296 g/mol. The van der Waals surface area contributed by atoms with Crippen LogP contribution in [0.2, 0.25) is 18.1 Å². The molecule has 0 aliphatic carbocycles. The molecule has 0 bridgehead atoms. The van der Waals surface area contributed by atoms with Crippen LogP contribution in [-0.2, 0) is 0 Å². The largest absolute Gasteiger partial charge is 0.543 e. The van der Waals surface area contributed by atoms with E-state index in [1.54, 1.807) is 6.07 Å². The Morgan fingerprint density at radius 1 is 1.29 bits per heavy atom. The van der Waals surface area contributed by atoms with Crippen molar-refractivity contribution in [3.8, 4) is 5.75 Å². The van der Waals surface area contributed by atoms with E-state index in [0.717, 1.165) is 10.8 Å². The Hall–Kier alpha value is -0.613. The maximum atomic E-state index is 11.0. The highest BCUT2D eigenvalue weighted by molar-refractivity contribution is 9.10. The molecule has 0 aliphatic rings. The molecule has 4 heteroatoms. The summed E-state index contributed by atoms with van der Waals surface area (Å²) in [5, 5.41) is 0.121. The third-order valence-corrected chi connectivity index (χ3v) is 8.11. The lowest BCUT2D eigenvalue weighted by molar-refractivity contribution is 0.112. The molecule has 0 fully saturated rings. The maximum Gasteiger partial charge on any atom is 0.250 e. The van der Waals surface area contributed by atoms with Gasteiger partial charge in [-0.3, -0.25) is 4.79 Å². The fourth-order valence-corrected chi connectivity index (χ4v) is 2.49. The molecule has 0 heterocycles. The van der Waals surface area contributed by atoms with Gasteiger partial charge in [-0.25, -0.2) is 0 Å². The molecule has 0 atom stereocenters. The molecule has 1 aromatic rings. The molecule has 0 saturated heterocycles. The summed E-state index contributed by atoms with van der Waals surface area (Å²) < 4.78 is 7.07. The van der Waals surface area contributed by atoms with Crippen LogP contribution in [-0.4, -0.2) is 14.6 Å². The van der Waals surface area contributed by atoms with Gasteiger partial charge in [0.15, 0.2) is 6.29 Å². The van der Waals surface area contributed by atoms with Gasteiger partial charge in [0.25, 0.3) is 8.32 Å². The van der Waals surface area contributed by atoms with Crippen LogP contribution in [0.3, 0.4) is 0 Å². The third-order valence-electron chi connectivity index (χ3n) is 3.27. The van der Waals surface area contributed by atoms with Crippen molar-refractivity contribution in [2.45, 2.75) is 38.9 Å². The first kappa shape index (κ1) is 14.4. The lowest BCUT2D eigenvalue weighted by Crippen LogP contribution is -2.44. The normalized spacial score (nSPS) is 12.4. The fourth-order valence-electron chi connectivity index (χ4n) is 1.12. The summed E-state index contributed by atoms with van der Waals surface area (Å²) in [7, 11) is -1.90. The van der Waals surface area contributed by atoms with Gasteiger partial charge < -0.3 is 4.43 Å². The zero-order valence-corrected chi connectivity index (χ0v) is 13.6. The number of halogens is 1. The highest BCUT2D eigenvalue weighted by atomic mass is 79.9. The average Bonchev–Trinajstić information content (AvgIpc) is 2.15. The van der Waals surface area contributed by atoms with Crippen LogP contribution in [0.25, 0.3) is 0 Å². The van der Waals surface area contributed by atoms with Gasteiger partial charge in [-0.15, -0.1) is 0 Å². The Morgan fingerprint density at radius 3 is 2.35 bits per heavy atom. The lowest BCUT2D eigenvalue weighted by atomic mass is 10.2. The number of carbonyl (C=O) groups is 1. The Kier molecular flexibility index (Phi) is 4.20. The number of rotatable bonds is 3. The molecule has 0 unspecified atom stereocenters. The second-order valence-electron chi connectivity index (χ2n) is 5.66. The number of hydrogen-bond donors (Lipinski definition) is 0. The molecular formula is C13H19BrO2Si. The lowest BCUT2D eigenvalue weighted by Gasteiger charge is -2.36. The molecule has 1 rings (SSSR count). The van der Waals surface area contributed by atoms with Gasteiger partial charge in [-0.2, -0.15) is 0 Å². The van der Waals surface area contributed by atoms with Crippen LogP contribution in [0.5, 0.6) is 5.75 Å². The van der Waals surface area contributed by atoms with Crippen LogP contribution in [0.4, 0.5) is 0 Å². The Morgan fingerprint density at radius 2 is 1.88 bits per heavy atom. The Labute approximate surface area is 113 Å². The summed E-state index contributed by atoms with van der Waals surface area (Å²) >= 11 is 3.40. The van der Waals surface area contributed by atoms with Crippen molar-refractivity contribution in [3.63, 3.8) is 0 Å². The molecule has 2 nitrogen and oxygen atoms in total. The minimum absolute atomic E-state index is 0.121. The SMILES string of the molecule is CC(C)(C)[Si](C)(C)Oc1cc(Br)ccc1C=O. The van der Waals surface area contributed by atoms with Gasteiger partial charge >= 0.3 is 0 Å². The predicted octanol–water partition coefficient (Wildman–Crippen LogP) is 4.65. The first-order valence-electron chi connectivity index (χ1n) is 5.61. The van der Waals surface area contributed by atoms with Crippen molar-refractivity contribution in [3.05, 3.63) is 28.2 Å². The van der Waals surface area contributed by atoms with Crippen molar-refractivity contribution in [2.75, 3.05) is 0 Å². The molecule has 0 N–H and O–H groups in total. The average molecular weight is 315 g/mol. The van der Waals surface area contributed by atoms with Gasteiger partial charge in [0, 0.05) is 4.47 Å². The molecule has 0 aliphatic heterocycles. The summed E-state index contributed by atoms with van der Waals surface area (Å²) in [6, 6.07) is 5.49. The number of aldehydes is 1. The standard InChI is InChI=1S/C13H19BrO2Si/c1-13(2,3)17(4,5)16-12-8-11(14)7-6-10(12)9-15/h6-9H,1-5H3. The highest BCUT2D eigenvalue weighted by Crippen LogP contribution is 2.38. The maximum absolute atomic E-state index is 11.0. The minimum Gasteiger partial charge on any atom is -0.543 e. The highest BCUT2D eigenvalue weighted by Gasteiger charge is 2.39. The summed E-state index contributed by atoms with van der Waals surface area (Å²) in [6.45, 7) is 10.9. The quantitative estimate of drug-likeness (QED) is 0.600. The van der Waals surface area contributed by atoms with E-state index >= 15 is 0 Å². The van der Waals surface area contributed by atoms with E-state index in [0.29, 0.717) is 11.3 Å². The monoisotopic (exact) mass is 314 g/mol. The smallest absolute Gasteiger partial charge is 0.250 e. The van der Waals surface area contributed by atoms with Crippen LogP contribution < -0.4 is 4.43 Å². The second-order valence-corrected chi connectivity index (χ2v) is 11.3.